The molecular formula is C13H14N6O. The molecule has 20 heavy (non-hydrogen) atoms. The van der Waals surface area contributed by atoms with Gasteiger partial charge in [0.1, 0.15) is 5.82 Å². The zero-order valence-electron chi connectivity index (χ0n) is 10.8. The standard InChI is InChI=1S/C13H14N6O/c1-2-5-15-13(20)11-3-4-12(16-10-11)14-6-8-19-9-7-17-18-19/h1,3-4,7,9-10H,5-6,8H2,(H,14,16)(H,15,20). The number of amides is 1. The molecule has 7 heteroatoms. The fourth-order valence-electron chi connectivity index (χ4n) is 1.52. The minimum absolute atomic E-state index is 0.205. The SMILES string of the molecule is C#CCNC(=O)c1ccc(NCCn2ccnn2)nc1. The molecule has 0 unspecified atom stereocenters. The van der Waals surface area contributed by atoms with Gasteiger partial charge >= 0.3 is 0 Å². The van der Waals surface area contributed by atoms with Gasteiger partial charge in [0.15, 0.2) is 0 Å². The highest BCUT2D eigenvalue weighted by Crippen LogP contribution is 2.04. The van der Waals surface area contributed by atoms with Gasteiger partial charge in [-0.2, -0.15) is 0 Å². The van der Waals surface area contributed by atoms with Gasteiger partial charge in [0.25, 0.3) is 5.91 Å². The third-order valence-electron chi connectivity index (χ3n) is 2.50. The number of hydrogen-bond acceptors (Lipinski definition) is 5. The summed E-state index contributed by atoms with van der Waals surface area (Å²) >= 11 is 0. The third-order valence-corrected chi connectivity index (χ3v) is 2.50. The summed E-state index contributed by atoms with van der Waals surface area (Å²) in [5, 5.41) is 13.3. The van der Waals surface area contributed by atoms with E-state index < -0.39 is 0 Å². The second kappa shape index (κ2) is 6.89. The molecule has 7 nitrogen and oxygen atoms in total. The van der Waals surface area contributed by atoms with Gasteiger partial charge in [-0.1, -0.05) is 11.1 Å². The Kier molecular flexibility index (Phi) is 4.67. The molecule has 2 aromatic heterocycles. The van der Waals surface area contributed by atoms with Crippen LogP contribution in [0.25, 0.3) is 0 Å². The maximum absolute atomic E-state index is 11.6. The van der Waals surface area contributed by atoms with E-state index in [1.54, 1.807) is 29.2 Å². The summed E-state index contributed by atoms with van der Waals surface area (Å²) in [6, 6.07) is 3.43. The second-order valence-corrected chi connectivity index (χ2v) is 3.91. The Morgan fingerprint density at radius 3 is 3.00 bits per heavy atom. The summed E-state index contributed by atoms with van der Waals surface area (Å²) in [6.07, 6.45) is 9.99. The third kappa shape index (κ3) is 3.81. The van der Waals surface area contributed by atoms with Gasteiger partial charge in [-0.15, -0.1) is 11.5 Å². The quantitative estimate of drug-likeness (QED) is 0.730. The number of nitrogens with zero attached hydrogens (tertiary/aromatic N) is 4. The van der Waals surface area contributed by atoms with E-state index in [4.69, 9.17) is 6.42 Å². The summed E-state index contributed by atoms with van der Waals surface area (Å²) < 4.78 is 1.72. The van der Waals surface area contributed by atoms with Crippen LogP contribution < -0.4 is 10.6 Å². The van der Waals surface area contributed by atoms with Crippen LogP contribution in [-0.4, -0.2) is 39.0 Å². The summed E-state index contributed by atoms with van der Waals surface area (Å²) in [4.78, 5) is 15.8. The lowest BCUT2D eigenvalue weighted by atomic mass is 10.2. The minimum atomic E-state index is -0.232. The van der Waals surface area contributed by atoms with Crippen LogP contribution in [-0.2, 0) is 6.54 Å². The molecule has 0 aliphatic heterocycles. The number of hydrogen-bond donors (Lipinski definition) is 2. The average Bonchev–Trinajstić information content (AvgIpc) is 2.99. The highest BCUT2D eigenvalue weighted by Gasteiger charge is 2.04. The number of pyridine rings is 1. The highest BCUT2D eigenvalue weighted by molar-refractivity contribution is 5.94. The molecule has 0 atom stereocenters. The van der Waals surface area contributed by atoms with E-state index in [2.05, 4.69) is 31.9 Å². The summed E-state index contributed by atoms with van der Waals surface area (Å²) in [5.41, 5.74) is 0.474. The fourth-order valence-corrected chi connectivity index (χ4v) is 1.52. The van der Waals surface area contributed by atoms with E-state index in [9.17, 15) is 4.79 Å². The first-order valence-electron chi connectivity index (χ1n) is 6.05. The van der Waals surface area contributed by atoms with Crippen molar-refractivity contribution >= 4 is 11.7 Å². The molecule has 2 rings (SSSR count). The lowest BCUT2D eigenvalue weighted by molar-refractivity contribution is 0.0958. The lowest BCUT2D eigenvalue weighted by Gasteiger charge is -2.06. The van der Waals surface area contributed by atoms with E-state index in [0.29, 0.717) is 24.5 Å². The molecule has 2 aromatic rings. The molecule has 0 saturated heterocycles. The molecule has 102 valence electrons. The number of carbonyl (C=O) groups is 1. The van der Waals surface area contributed by atoms with Crippen molar-refractivity contribution < 1.29 is 4.79 Å². The van der Waals surface area contributed by atoms with Crippen molar-refractivity contribution in [3.05, 3.63) is 36.3 Å². The van der Waals surface area contributed by atoms with E-state index in [1.807, 2.05) is 0 Å². The summed E-state index contributed by atoms with van der Waals surface area (Å²) in [7, 11) is 0. The molecule has 0 aromatic carbocycles. The van der Waals surface area contributed by atoms with Gasteiger partial charge in [0.2, 0.25) is 0 Å². The van der Waals surface area contributed by atoms with Gasteiger partial charge in [-0.05, 0) is 12.1 Å². The molecule has 0 aliphatic carbocycles. The maximum atomic E-state index is 11.6. The molecule has 0 bridgehead atoms. The Balaban J connectivity index is 1.82. The number of carbonyl (C=O) groups excluding carboxylic acids is 1. The first-order valence-corrected chi connectivity index (χ1v) is 6.05. The van der Waals surface area contributed by atoms with Crippen LogP contribution in [0, 0.1) is 12.3 Å². The van der Waals surface area contributed by atoms with Crippen LogP contribution in [0.2, 0.25) is 0 Å². The monoisotopic (exact) mass is 270 g/mol. The number of anilines is 1. The van der Waals surface area contributed by atoms with Gasteiger partial charge in [-0.25, -0.2) is 4.98 Å². The van der Waals surface area contributed by atoms with Gasteiger partial charge in [0.05, 0.1) is 24.8 Å². The van der Waals surface area contributed by atoms with E-state index in [-0.39, 0.29) is 12.5 Å². The zero-order chi connectivity index (χ0) is 14.2. The molecule has 0 spiro atoms. The summed E-state index contributed by atoms with van der Waals surface area (Å²) in [5.74, 6) is 2.80. The van der Waals surface area contributed by atoms with E-state index in [1.165, 1.54) is 6.20 Å². The average molecular weight is 270 g/mol. The Labute approximate surface area is 116 Å². The maximum Gasteiger partial charge on any atom is 0.253 e. The Morgan fingerprint density at radius 2 is 2.35 bits per heavy atom. The largest absolute Gasteiger partial charge is 0.368 e. The Hall–Kier alpha value is -2.88. The van der Waals surface area contributed by atoms with Crippen molar-refractivity contribution in [1.82, 2.24) is 25.3 Å². The van der Waals surface area contributed by atoms with Gasteiger partial charge in [0, 0.05) is 18.9 Å². The molecule has 1 amide bonds. The van der Waals surface area contributed by atoms with Crippen molar-refractivity contribution in [3.63, 3.8) is 0 Å². The smallest absolute Gasteiger partial charge is 0.253 e. The Morgan fingerprint density at radius 1 is 1.45 bits per heavy atom. The fraction of sp³-hybridized carbons (Fsp3) is 0.231. The minimum Gasteiger partial charge on any atom is -0.368 e. The van der Waals surface area contributed by atoms with E-state index >= 15 is 0 Å². The van der Waals surface area contributed by atoms with Gasteiger partial charge < -0.3 is 10.6 Å². The first-order chi connectivity index (χ1) is 9.79. The molecule has 2 heterocycles. The number of nitrogens with one attached hydrogen (secondary N) is 2. The number of rotatable bonds is 6. The van der Waals surface area contributed by atoms with Crippen LogP contribution in [0.4, 0.5) is 5.82 Å². The zero-order valence-corrected chi connectivity index (χ0v) is 10.8. The van der Waals surface area contributed by atoms with Crippen molar-refractivity contribution in [2.24, 2.45) is 0 Å². The molecule has 0 aliphatic rings. The topological polar surface area (TPSA) is 84.7 Å². The summed E-state index contributed by atoms with van der Waals surface area (Å²) in [6.45, 7) is 1.56. The predicted octanol–water partition coefficient (Wildman–Crippen LogP) is 0.148. The van der Waals surface area contributed by atoms with Crippen molar-refractivity contribution in [2.45, 2.75) is 6.54 Å². The van der Waals surface area contributed by atoms with Crippen LogP contribution >= 0.6 is 0 Å². The molecule has 0 saturated carbocycles. The van der Waals surface area contributed by atoms with Crippen molar-refractivity contribution in [1.29, 1.82) is 0 Å². The van der Waals surface area contributed by atoms with Crippen molar-refractivity contribution in [3.8, 4) is 12.3 Å². The molecule has 0 fully saturated rings. The van der Waals surface area contributed by atoms with Crippen molar-refractivity contribution in [2.75, 3.05) is 18.4 Å². The van der Waals surface area contributed by atoms with Crippen LogP contribution in [0.15, 0.2) is 30.7 Å². The Bertz CT molecular complexity index is 584. The molecule has 2 N–H and O–H groups in total. The normalized spacial score (nSPS) is 9.75. The molecular weight excluding hydrogens is 256 g/mol. The lowest BCUT2D eigenvalue weighted by Crippen LogP contribution is -2.23. The van der Waals surface area contributed by atoms with E-state index in [0.717, 1.165) is 0 Å². The highest BCUT2D eigenvalue weighted by atomic mass is 16.1. The first kappa shape index (κ1) is 13.5. The van der Waals surface area contributed by atoms with Crippen LogP contribution in [0.3, 0.4) is 0 Å². The van der Waals surface area contributed by atoms with Crippen LogP contribution in [0.5, 0.6) is 0 Å². The second-order valence-electron chi connectivity index (χ2n) is 3.91. The van der Waals surface area contributed by atoms with Gasteiger partial charge in [-0.3, -0.25) is 9.48 Å². The molecule has 0 radical (unpaired) electrons. The number of terminal acetylenes is 1. The van der Waals surface area contributed by atoms with Crippen LogP contribution in [0.1, 0.15) is 10.4 Å². The number of aromatic nitrogens is 4. The predicted molar refractivity (Wildman–Crippen MR) is 73.9 cm³/mol.